The Morgan fingerprint density at radius 3 is 2.71 bits per heavy atom. The summed E-state index contributed by atoms with van der Waals surface area (Å²) in [5.41, 5.74) is 3.29. The second-order valence-corrected chi connectivity index (χ2v) is 6.90. The summed E-state index contributed by atoms with van der Waals surface area (Å²) in [4.78, 5) is 24.3. The zero-order valence-corrected chi connectivity index (χ0v) is 16.2. The number of rotatable bonds is 6. The molecule has 0 spiro atoms. The summed E-state index contributed by atoms with van der Waals surface area (Å²) in [6.45, 7) is 0. The van der Waals surface area contributed by atoms with Crippen LogP contribution in [0, 0.1) is 0 Å². The predicted molar refractivity (Wildman–Crippen MR) is 109 cm³/mol. The SMILES string of the molecule is COc1ccc(-c2nc(CC(=O)Nc3nc4ccccc4[nH]3)cs2)cc1OC. The highest BCUT2D eigenvalue weighted by Crippen LogP contribution is 2.33. The third-order valence-electron chi connectivity index (χ3n) is 4.17. The number of thiazole rings is 1. The maximum absolute atomic E-state index is 12.3. The normalized spacial score (nSPS) is 10.8. The molecule has 4 aromatic rings. The first-order valence-electron chi connectivity index (χ1n) is 8.57. The first-order valence-corrected chi connectivity index (χ1v) is 9.45. The molecule has 4 rings (SSSR count). The average Bonchev–Trinajstić information content (AvgIpc) is 3.33. The number of hydrogen-bond acceptors (Lipinski definition) is 6. The van der Waals surface area contributed by atoms with Gasteiger partial charge in [-0.3, -0.25) is 10.1 Å². The molecule has 0 unspecified atom stereocenters. The fraction of sp³-hybridized carbons (Fsp3) is 0.150. The topological polar surface area (TPSA) is 89.1 Å². The summed E-state index contributed by atoms with van der Waals surface area (Å²) in [5, 5.41) is 5.48. The Bertz CT molecular complexity index is 1100. The van der Waals surface area contributed by atoms with Crippen molar-refractivity contribution >= 4 is 34.2 Å². The van der Waals surface area contributed by atoms with Gasteiger partial charge < -0.3 is 14.5 Å². The zero-order valence-electron chi connectivity index (χ0n) is 15.4. The van der Waals surface area contributed by atoms with Gasteiger partial charge in [-0.2, -0.15) is 0 Å². The minimum absolute atomic E-state index is 0.167. The van der Waals surface area contributed by atoms with Crippen LogP contribution >= 0.6 is 11.3 Å². The van der Waals surface area contributed by atoms with Crippen LogP contribution in [0.5, 0.6) is 11.5 Å². The smallest absolute Gasteiger partial charge is 0.232 e. The summed E-state index contributed by atoms with van der Waals surface area (Å²) >= 11 is 1.48. The molecule has 0 fully saturated rings. The number of anilines is 1. The van der Waals surface area contributed by atoms with Crippen LogP contribution in [0.4, 0.5) is 5.95 Å². The van der Waals surface area contributed by atoms with Crippen molar-refractivity contribution in [3.05, 3.63) is 53.5 Å². The third-order valence-corrected chi connectivity index (χ3v) is 5.11. The summed E-state index contributed by atoms with van der Waals surface area (Å²) in [6, 6.07) is 13.2. The van der Waals surface area contributed by atoms with E-state index in [4.69, 9.17) is 9.47 Å². The van der Waals surface area contributed by atoms with Gasteiger partial charge in [-0.25, -0.2) is 9.97 Å². The van der Waals surface area contributed by atoms with Crippen molar-refractivity contribution in [2.24, 2.45) is 0 Å². The fourth-order valence-electron chi connectivity index (χ4n) is 2.84. The van der Waals surface area contributed by atoms with Crippen molar-refractivity contribution in [2.45, 2.75) is 6.42 Å². The molecule has 2 heterocycles. The monoisotopic (exact) mass is 394 g/mol. The van der Waals surface area contributed by atoms with Gasteiger partial charge in [0, 0.05) is 10.9 Å². The van der Waals surface area contributed by atoms with Crippen molar-refractivity contribution in [1.29, 1.82) is 0 Å². The first kappa shape index (κ1) is 18.0. The average molecular weight is 394 g/mol. The molecule has 0 saturated carbocycles. The van der Waals surface area contributed by atoms with Crippen LogP contribution in [-0.2, 0) is 11.2 Å². The molecule has 0 saturated heterocycles. The van der Waals surface area contributed by atoms with E-state index in [1.54, 1.807) is 14.2 Å². The fourth-order valence-corrected chi connectivity index (χ4v) is 3.66. The van der Waals surface area contributed by atoms with Crippen LogP contribution < -0.4 is 14.8 Å². The van der Waals surface area contributed by atoms with Crippen molar-refractivity contribution in [3.63, 3.8) is 0 Å². The quantitative estimate of drug-likeness (QED) is 0.518. The van der Waals surface area contributed by atoms with E-state index in [0.717, 1.165) is 21.6 Å². The highest BCUT2D eigenvalue weighted by atomic mass is 32.1. The Morgan fingerprint density at radius 2 is 1.93 bits per heavy atom. The molecule has 142 valence electrons. The number of nitrogens with one attached hydrogen (secondary N) is 2. The Hall–Kier alpha value is -3.39. The first-order chi connectivity index (χ1) is 13.7. The number of hydrogen-bond donors (Lipinski definition) is 2. The molecule has 0 aliphatic rings. The number of benzene rings is 2. The largest absolute Gasteiger partial charge is 0.493 e. The maximum Gasteiger partial charge on any atom is 0.232 e. The number of carbonyl (C=O) groups excluding carboxylic acids is 1. The van der Waals surface area contributed by atoms with Gasteiger partial charge in [0.2, 0.25) is 11.9 Å². The van der Waals surface area contributed by atoms with Crippen LogP contribution in [0.15, 0.2) is 47.8 Å². The summed E-state index contributed by atoms with van der Waals surface area (Å²) < 4.78 is 10.6. The lowest BCUT2D eigenvalue weighted by Crippen LogP contribution is -2.15. The van der Waals surface area contributed by atoms with Gasteiger partial charge in [0.15, 0.2) is 11.5 Å². The molecule has 0 bridgehead atoms. The van der Waals surface area contributed by atoms with E-state index in [-0.39, 0.29) is 12.3 Å². The van der Waals surface area contributed by atoms with Crippen LogP contribution in [-0.4, -0.2) is 35.1 Å². The van der Waals surface area contributed by atoms with Crippen LogP contribution in [0.2, 0.25) is 0 Å². The Labute approximate surface area is 165 Å². The number of ether oxygens (including phenoxy) is 2. The molecule has 1 amide bonds. The van der Waals surface area contributed by atoms with E-state index in [1.165, 1.54) is 11.3 Å². The lowest BCUT2D eigenvalue weighted by molar-refractivity contribution is -0.115. The molecule has 0 aliphatic carbocycles. The Morgan fingerprint density at radius 1 is 1.11 bits per heavy atom. The van der Waals surface area contributed by atoms with E-state index in [2.05, 4.69) is 20.3 Å². The number of methoxy groups -OCH3 is 2. The van der Waals surface area contributed by atoms with Gasteiger partial charge in [0.1, 0.15) is 5.01 Å². The van der Waals surface area contributed by atoms with E-state index in [1.807, 2.05) is 47.8 Å². The molecule has 0 radical (unpaired) electrons. The number of aromatic amines is 1. The van der Waals surface area contributed by atoms with Gasteiger partial charge in [-0.15, -0.1) is 11.3 Å². The third kappa shape index (κ3) is 3.67. The molecule has 28 heavy (non-hydrogen) atoms. The summed E-state index contributed by atoms with van der Waals surface area (Å²) in [5.74, 6) is 1.55. The van der Waals surface area contributed by atoms with Crippen LogP contribution in [0.1, 0.15) is 5.69 Å². The van der Waals surface area contributed by atoms with Gasteiger partial charge in [-0.05, 0) is 30.3 Å². The van der Waals surface area contributed by atoms with E-state index < -0.39 is 0 Å². The second-order valence-electron chi connectivity index (χ2n) is 6.04. The van der Waals surface area contributed by atoms with Crippen molar-refractivity contribution in [2.75, 3.05) is 19.5 Å². The predicted octanol–water partition coefficient (Wildman–Crippen LogP) is 3.88. The number of H-pyrrole nitrogens is 1. The number of imidazole rings is 1. The van der Waals surface area contributed by atoms with E-state index in [9.17, 15) is 4.79 Å². The minimum Gasteiger partial charge on any atom is -0.493 e. The zero-order chi connectivity index (χ0) is 19.5. The minimum atomic E-state index is -0.178. The van der Waals surface area contributed by atoms with Crippen LogP contribution in [0.3, 0.4) is 0 Å². The summed E-state index contributed by atoms with van der Waals surface area (Å²) in [6.07, 6.45) is 0.167. The molecule has 2 aromatic carbocycles. The highest BCUT2D eigenvalue weighted by molar-refractivity contribution is 7.13. The van der Waals surface area contributed by atoms with Crippen molar-refractivity contribution < 1.29 is 14.3 Å². The van der Waals surface area contributed by atoms with Gasteiger partial charge in [0.05, 0.1) is 37.4 Å². The van der Waals surface area contributed by atoms with Gasteiger partial charge in [-0.1, -0.05) is 12.1 Å². The Kier molecular flexibility index (Phi) is 4.94. The molecular formula is C20H18N4O3S. The highest BCUT2D eigenvalue weighted by Gasteiger charge is 2.13. The molecule has 2 aromatic heterocycles. The lowest BCUT2D eigenvalue weighted by Gasteiger charge is -2.08. The van der Waals surface area contributed by atoms with Crippen molar-refractivity contribution in [1.82, 2.24) is 15.0 Å². The number of carbonyl (C=O) groups is 1. The number of nitrogens with zero attached hydrogens (tertiary/aromatic N) is 2. The van der Waals surface area contributed by atoms with Crippen LogP contribution in [0.25, 0.3) is 21.6 Å². The number of aromatic nitrogens is 3. The van der Waals surface area contributed by atoms with Gasteiger partial charge in [0.25, 0.3) is 0 Å². The van der Waals surface area contributed by atoms with Gasteiger partial charge >= 0.3 is 0 Å². The summed E-state index contributed by atoms with van der Waals surface area (Å²) in [7, 11) is 3.19. The molecule has 2 N–H and O–H groups in total. The molecule has 0 aliphatic heterocycles. The van der Waals surface area contributed by atoms with E-state index >= 15 is 0 Å². The standard InChI is InChI=1S/C20H18N4O3S/c1-26-16-8-7-12(9-17(16)27-2)19-21-13(11-28-19)10-18(25)24-20-22-14-5-3-4-6-15(14)23-20/h3-9,11H,10H2,1-2H3,(H2,22,23,24,25). The Balaban J connectivity index is 1.46. The maximum atomic E-state index is 12.3. The second kappa shape index (κ2) is 7.69. The number of fused-ring (bicyclic) bond motifs is 1. The number of para-hydroxylation sites is 2. The van der Waals surface area contributed by atoms with E-state index in [0.29, 0.717) is 23.1 Å². The number of amides is 1. The molecule has 7 nitrogen and oxygen atoms in total. The van der Waals surface area contributed by atoms with Crippen molar-refractivity contribution in [3.8, 4) is 22.1 Å². The molecule has 8 heteroatoms. The molecular weight excluding hydrogens is 376 g/mol. The molecule has 0 atom stereocenters. The lowest BCUT2D eigenvalue weighted by atomic mass is 10.2.